The zero-order valence-electron chi connectivity index (χ0n) is 13.9. The van der Waals surface area contributed by atoms with Gasteiger partial charge in [0.25, 0.3) is 5.69 Å². The first kappa shape index (κ1) is 19.2. The van der Waals surface area contributed by atoms with Crippen molar-refractivity contribution >= 4 is 27.3 Å². The van der Waals surface area contributed by atoms with Crippen LogP contribution in [0, 0.1) is 17.0 Å². The lowest BCUT2D eigenvalue weighted by Gasteiger charge is -2.20. The number of hydrogen-bond acceptors (Lipinski definition) is 5. The summed E-state index contributed by atoms with van der Waals surface area (Å²) < 4.78 is 32.0. The standard InChI is InChI=1S/C16H17ClN2O5S/c1-11-8-14(19(20)21)5-7-16(11)25(22,23)18(2)10-12-9-13(17)4-6-15(12)24-3/h4-9H,10H2,1-3H3. The molecule has 0 aliphatic heterocycles. The molecule has 0 atom stereocenters. The maximum absolute atomic E-state index is 12.8. The quantitative estimate of drug-likeness (QED) is 0.562. The van der Waals surface area contributed by atoms with Gasteiger partial charge in [-0.3, -0.25) is 10.1 Å². The third-order valence-electron chi connectivity index (χ3n) is 3.69. The molecule has 2 rings (SSSR count). The summed E-state index contributed by atoms with van der Waals surface area (Å²) in [5, 5.41) is 11.3. The summed E-state index contributed by atoms with van der Waals surface area (Å²) in [4.78, 5) is 10.3. The Morgan fingerprint density at radius 2 is 1.92 bits per heavy atom. The first-order valence-corrected chi connectivity index (χ1v) is 9.02. The number of nitro benzene ring substituents is 1. The zero-order chi connectivity index (χ0) is 18.8. The van der Waals surface area contributed by atoms with Gasteiger partial charge in [-0.25, -0.2) is 8.42 Å². The van der Waals surface area contributed by atoms with Crippen molar-refractivity contribution in [3.05, 3.63) is 62.7 Å². The Labute approximate surface area is 151 Å². The van der Waals surface area contributed by atoms with Crippen LogP contribution in [0.1, 0.15) is 11.1 Å². The number of methoxy groups -OCH3 is 1. The lowest BCUT2D eigenvalue weighted by Crippen LogP contribution is -2.27. The van der Waals surface area contributed by atoms with Gasteiger partial charge in [-0.1, -0.05) is 11.6 Å². The summed E-state index contributed by atoms with van der Waals surface area (Å²) in [5.41, 5.74) is 0.760. The van der Waals surface area contributed by atoms with Gasteiger partial charge in [-0.05, 0) is 36.8 Å². The van der Waals surface area contributed by atoms with Crippen LogP contribution >= 0.6 is 11.6 Å². The average Bonchev–Trinajstić information content (AvgIpc) is 2.54. The maximum atomic E-state index is 12.8. The minimum Gasteiger partial charge on any atom is -0.496 e. The lowest BCUT2D eigenvalue weighted by molar-refractivity contribution is -0.385. The van der Waals surface area contributed by atoms with E-state index >= 15 is 0 Å². The number of halogens is 1. The van der Waals surface area contributed by atoms with Crippen molar-refractivity contribution in [2.75, 3.05) is 14.2 Å². The number of sulfonamides is 1. The molecule has 25 heavy (non-hydrogen) atoms. The van der Waals surface area contributed by atoms with Gasteiger partial charge in [-0.2, -0.15) is 4.31 Å². The number of nitrogens with zero attached hydrogens (tertiary/aromatic N) is 2. The number of benzene rings is 2. The molecule has 0 fully saturated rings. The summed E-state index contributed by atoms with van der Waals surface area (Å²) in [5.74, 6) is 0.520. The van der Waals surface area contributed by atoms with Gasteiger partial charge in [-0.15, -0.1) is 0 Å². The fourth-order valence-corrected chi connectivity index (χ4v) is 3.95. The molecule has 0 aromatic heterocycles. The second kappa shape index (κ2) is 7.38. The third-order valence-corrected chi connectivity index (χ3v) is 5.89. The molecular weight excluding hydrogens is 368 g/mol. The fraction of sp³-hybridized carbons (Fsp3) is 0.250. The van der Waals surface area contributed by atoms with Gasteiger partial charge in [0.15, 0.2) is 0 Å². The Morgan fingerprint density at radius 1 is 1.24 bits per heavy atom. The fourth-order valence-electron chi connectivity index (χ4n) is 2.40. The molecule has 7 nitrogen and oxygen atoms in total. The van der Waals surface area contributed by atoms with Crippen molar-refractivity contribution in [2.24, 2.45) is 0 Å². The third kappa shape index (κ3) is 4.09. The van der Waals surface area contributed by atoms with Crippen LogP contribution in [0.3, 0.4) is 0 Å². The van der Waals surface area contributed by atoms with E-state index < -0.39 is 14.9 Å². The number of aryl methyl sites for hydroxylation is 1. The molecule has 0 aliphatic carbocycles. The van der Waals surface area contributed by atoms with E-state index in [0.717, 1.165) is 4.31 Å². The summed E-state index contributed by atoms with van der Waals surface area (Å²) in [6.45, 7) is 1.57. The zero-order valence-corrected chi connectivity index (χ0v) is 15.5. The number of non-ortho nitro benzene ring substituents is 1. The highest BCUT2D eigenvalue weighted by Crippen LogP contribution is 2.28. The molecule has 0 saturated heterocycles. The van der Waals surface area contributed by atoms with Gasteiger partial charge in [0.1, 0.15) is 5.75 Å². The van der Waals surface area contributed by atoms with Crippen LogP contribution in [-0.4, -0.2) is 31.8 Å². The molecule has 2 aromatic rings. The van der Waals surface area contributed by atoms with Crippen LogP contribution < -0.4 is 4.74 Å². The minimum atomic E-state index is -3.84. The largest absolute Gasteiger partial charge is 0.496 e. The van der Waals surface area contributed by atoms with Crippen molar-refractivity contribution < 1.29 is 18.1 Å². The molecule has 2 aromatic carbocycles. The van der Waals surface area contributed by atoms with Gasteiger partial charge >= 0.3 is 0 Å². The Kier molecular flexibility index (Phi) is 5.66. The van der Waals surface area contributed by atoms with E-state index in [1.54, 1.807) is 18.2 Å². The van der Waals surface area contributed by atoms with E-state index in [1.807, 2.05) is 0 Å². The van der Waals surface area contributed by atoms with Crippen molar-refractivity contribution in [3.63, 3.8) is 0 Å². The number of hydrogen-bond donors (Lipinski definition) is 0. The first-order valence-electron chi connectivity index (χ1n) is 7.20. The van der Waals surface area contributed by atoms with Crippen LogP contribution in [0.25, 0.3) is 0 Å². The van der Waals surface area contributed by atoms with Gasteiger partial charge in [0, 0.05) is 36.3 Å². The SMILES string of the molecule is COc1ccc(Cl)cc1CN(C)S(=O)(=O)c1ccc([N+](=O)[O-])cc1C. The minimum absolute atomic E-state index is 0.0154. The highest BCUT2D eigenvalue weighted by atomic mass is 35.5. The monoisotopic (exact) mass is 384 g/mol. The summed E-state index contributed by atoms with van der Waals surface area (Å²) >= 11 is 5.97. The van der Waals surface area contributed by atoms with Crippen LogP contribution in [0.2, 0.25) is 5.02 Å². The van der Waals surface area contributed by atoms with E-state index in [9.17, 15) is 18.5 Å². The maximum Gasteiger partial charge on any atom is 0.269 e. The van der Waals surface area contributed by atoms with Crippen molar-refractivity contribution in [1.29, 1.82) is 0 Å². The summed E-state index contributed by atoms with van der Waals surface area (Å²) in [6.07, 6.45) is 0. The van der Waals surface area contributed by atoms with E-state index in [1.165, 1.54) is 39.3 Å². The van der Waals surface area contributed by atoms with E-state index in [-0.39, 0.29) is 17.1 Å². The van der Waals surface area contributed by atoms with E-state index in [0.29, 0.717) is 21.9 Å². The van der Waals surface area contributed by atoms with Crippen molar-refractivity contribution in [3.8, 4) is 5.75 Å². The smallest absolute Gasteiger partial charge is 0.269 e. The molecular formula is C16H17ClN2O5S. The molecule has 9 heteroatoms. The average molecular weight is 385 g/mol. The molecule has 0 N–H and O–H groups in total. The molecule has 0 radical (unpaired) electrons. The Morgan fingerprint density at radius 3 is 2.48 bits per heavy atom. The molecule has 0 bridgehead atoms. The van der Waals surface area contributed by atoms with Gasteiger partial charge in [0.05, 0.1) is 16.9 Å². The van der Waals surface area contributed by atoms with Crippen molar-refractivity contribution in [2.45, 2.75) is 18.4 Å². The van der Waals surface area contributed by atoms with Crippen LogP contribution in [0.4, 0.5) is 5.69 Å². The summed E-state index contributed by atoms with van der Waals surface area (Å²) in [7, 11) is -0.921. The molecule has 0 amide bonds. The number of rotatable bonds is 6. The topological polar surface area (TPSA) is 89.8 Å². The lowest BCUT2D eigenvalue weighted by atomic mass is 10.2. The Bertz CT molecular complexity index is 915. The van der Waals surface area contributed by atoms with Crippen LogP contribution in [0.5, 0.6) is 5.75 Å². The summed E-state index contributed by atoms with van der Waals surface area (Å²) in [6, 6.07) is 8.60. The van der Waals surface area contributed by atoms with Gasteiger partial charge in [0.2, 0.25) is 10.0 Å². The Balaban J connectivity index is 2.37. The molecule has 134 valence electrons. The highest BCUT2D eigenvalue weighted by Gasteiger charge is 2.25. The second-order valence-electron chi connectivity index (χ2n) is 5.42. The molecule has 0 aliphatic rings. The molecule has 0 saturated carbocycles. The van der Waals surface area contributed by atoms with Crippen molar-refractivity contribution in [1.82, 2.24) is 4.31 Å². The predicted octanol–water partition coefficient (Wildman–Crippen LogP) is 3.39. The Hall–Kier alpha value is -2.16. The number of ether oxygens (including phenoxy) is 1. The normalized spacial score (nSPS) is 11.6. The van der Waals surface area contributed by atoms with E-state index in [2.05, 4.69) is 0 Å². The molecule has 0 unspecified atom stereocenters. The van der Waals surface area contributed by atoms with Crippen LogP contribution in [-0.2, 0) is 16.6 Å². The number of nitro groups is 1. The van der Waals surface area contributed by atoms with E-state index in [4.69, 9.17) is 16.3 Å². The first-order chi connectivity index (χ1) is 11.7. The molecule has 0 spiro atoms. The van der Waals surface area contributed by atoms with Crippen LogP contribution in [0.15, 0.2) is 41.3 Å². The highest BCUT2D eigenvalue weighted by molar-refractivity contribution is 7.89. The molecule has 0 heterocycles. The predicted molar refractivity (Wildman–Crippen MR) is 94.5 cm³/mol. The second-order valence-corrected chi connectivity index (χ2v) is 7.87. The van der Waals surface area contributed by atoms with Gasteiger partial charge < -0.3 is 4.74 Å².